The highest BCUT2D eigenvalue weighted by molar-refractivity contribution is 7.10. The summed E-state index contributed by atoms with van der Waals surface area (Å²) in [5.74, 6) is -0.942. The van der Waals surface area contributed by atoms with Crippen LogP contribution < -0.4 is 0 Å². The molecule has 0 spiro atoms. The summed E-state index contributed by atoms with van der Waals surface area (Å²) in [7, 11) is 0. The number of alkyl halides is 3. The highest BCUT2D eigenvalue weighted by Gasteiger charge is 2.33. The fraction of sp³-hybridized carbons (Fsp3) is 0.458. The van der Waals surface area contributed by atoms with E-state index in [-0.39, 0.29) is 25.3 Å². The molecule has 1 N–H and O–H groups in total. The number of carboxylic acids is 1. The van der Waals surface area contributed by atoms with Gasteiger partial charge in [0.1, 0.15) is 10.5 Å². The molecule has 1 amide bonds. The van der Waals surface area contributed by atoms with Crippen molar-refractivity contribution in [2.75, 3.05) is 6.54 Å². The molecule has 6 nitrogen and oxygen atoms in total. The zero-order valence-electron chi connectivity index (χ0n) is 19.0. The number of hydrogen-bond donors (Lipinski definition) is 1. The molecule has 0 bridgehead atoms. The van der Waals surface area contributed by atoms with Gasteiger partial charge < -0.3 is 14.6 Å². The molecule has 1 aliphatic rings. The van der Waals surface area contributed by atoms with Gasteiger partial charge in [-0.1, -0.05) is 13.8 Å². The van der Waals surface area contributed by atoms with Crippen LogP contribution in [0.1, 0.15) is 54.8 Å². The minimum Gasteiger partial charge on any atom is -0.481 e. The zero-order chi connectivity index (χ0) is 24.7. The quantitative estimate of drug-likeness (QED) is 0.483. The van der Waals surface area contributed by atoms with Gasteiger partial charge in [-0.05, 0) is 53.0 Å². The molecule has 0 fully saturated rings. The molecule has 0 radical (unpaired) electrons. The number of halogens is 3. The maximum absolute atomic E-state index is 13.1. The molecular formula is C24H26F3N3O3S. The molecule has 0 atom stereocenters. The Morgan fingerprint density at radius 2 is 2.03 bits per heavy atom. The van der Waals surface area contributed by atoms with Gasteiger partial charge in [0.15, 0.2) is 0 Å². The maximum Gasteiger partial charge on any atom is 0.425 e. The smallest absolute Gasteiger partial charge is 0.425 e. The van der Waals surface area contributed by atoms with Crippen molar-refractivity contribution < 1.29 is 27.9 Å². The number of nitrogens with zero attached hydrogens (tertiary/aromatic N) is 3. The summed E-state index contributed by atoms with van der Waals surface area (Å²) in [4.78, 5) is 29.6. The molecule has 0 aromatic carbocycles. The molecule has 0 unspecified atom stereocenters. The fourth-order valence-electron chi connectivity index (χ4n) is 4.53. The number of rotatable bonds is 7. The molecule has 1 aliphatic heterocycles. The highest BCUT2D eigenvalue weighted by Crippen LogP contribution is 2.36. The summed E-state index contributed by atoms with van der Waals surface area (Å²) in [6.07, 6.45) is -1.39. The lowest BCUT2D eigenvalue weighted by Crippen LogP contribution is -2.37. The van der Waals surface area contributed by atoms with E-state index in [4.69, 9.17) is 5.11 Å². The van der Waals surface area contributed by atoms with Crippen LogP contribution >= 0.6 is 11.3 Å². The Kier molecular flexibility index (Phi) is 6.46. The topological polar surface area (TPSA) is 75.4 Å². The van der Waals surface area contributed by atoms with Gasteiger partial charge in [0, 0.05) is 30.2 Å². The van der Waals surface area contributed by atoms with Gasteiger partial charge in [-0.15, -0.1) is 11.3 Å². The van der Waals surface area contributed by atoms with Crippen LogP contribution in [0.4, 0.5) is 13.2 Å². The van der Waals surface area contributed by atoms with Crippen LogP contribution in [0, 0.1) is 5.41 Å². The first-order valence-corrected chi connectivity index (χ1v) is 11.9. The molecule has 10 heteroatoms. The molecule has 3 aromatic heterocycles. The Morgan fingerprint density at radius 3 is 2.71 bits per heavy atom. The van der Waals surface area contributed by atoms with Crippen molar-refractivity contribution in [3.05, 3.63) is 51.5 Å². The highest BCUT2D eigenvalue weighted by atomic mass is 32.1. The number of carboxylic acid groups (broad SMARTS) is 1. The Bertz CT molecular complexity index is 1230. The SMILES string of the molecule is CC(C)(CCC(=O)N1CCc2c(n(Cc3csc(C(F)(F)F)c3)c3ncccc23)C1)CC(=O)O. The van der Waals surface area contributed by atoms with Crippen LogP contribution in [0.25, 0.3) is 11.0 Å². The second-order valence-corrected chi connectivity index (χ2v) is 10.4. The van der Waals surface area contributed by atoms with Crippen LogP contribution in [0.2, 0.25) is 0 Å². The molecule has 0 aliphatic carbocycles. The number of hydrogen-bond acceptors (Lipinski definition) is 4. The first-order chi connectivity index (χ1) is 15.9. The van der Waals surface area contributed by atoms with E-state index in [0.29, 0.717) is 48.5 Å². The van der Waals surface area contributed by atoms with Crippen LogP contribution in [-0.4, -0.2) is 38.0 Å². The fourth-order valence-corrected chi connectivity index (χ4v) is 5.31. The van der Waals surface area contributed by atoms with Gasteiger partial charge in [-0.3, -0.25) is 9.59 Å². The van der Waals surface area contributed by atoms with Gasteiger partial charge in [0.2, 0.25) is 5.91 Å². The monoisotopic (exact) mass is 493 g/mol. The molecular weight excluding hydrogens is 467 g/mol. The molecule has 4 rings (SSSR count). The first kappa shape index (κ1) is 24.3. The third-order valence-electron chi connectivity index (χ3n) is 6.29. The average Bonchev–Trinajstić information content (AvgIpc) is 3.35. The van der Waals surface area contributed by atoms with Crippen molar-refractivity contribution in [2.45, 2.75) is 58.8 Å². The van der Waals surface area contributed by atoms with E-state index < -0.39 is 22.4 Å². The van der Waals surface area contributed by atoms with E-state index in [2.05, 4.69) is 4.98 Å². The summed E-state index contributed by atoms with van der Waals surface area (Å²) in [5, 5.41) is 11.5. The van der Waals surface area contributed by atoms with E-state index >= 15 is 0 Å². The minimum absolute atomic E-state index is 0.00904. The summed E-state index contributed by atoms with van der Waals surface area (Å²) in [6.45, 7) is 4.80. The minimum atomic E-state index is -4.38. The summed E-state index contributed by atoms with van der Waals surface area (Å²) >= 11 is 0.674. The molecule has 34 heavy (non-hydrogen) atoms. The lowest BCUT2D eigenvalue weighted by atomic mass is 9.84. The van der Waals surface area contributed by atoms with Crippen molar-refractivity contribution in [3.63, 3.8) is 0 Å². The average molecular weight is 494 g/mol. The lowest BCUT2D eigenvalue weighted by molar-refractivity contribution is -0.140. The second kappa shape index (κ2) is 9.05. The van der Waals surface area contributed by atoms with E-state index in [0.717, 1.165) is 16.6 Å². The van der Waals surface area contributed by atoms with Crippen molar-refractivity contribution >= 4 is 34.2 Å². The normalized spacial score (nSPS) is 14.4. The lowest BCUT2D eigenvalue weighted by Gasteiger charge is -2.30. The maximum atomic E-state index is 13.1. The van der Waals surface area contributed by atoms with Crippen molar-refractivity contribution in [3.8, 4) is 0 Å². The number of carbonyl (C=O) groups excluding carboxylic acids is 1. The largest absolute Gasteiger partial charge is 0.481 e. The standard InChI is InChI=1S/C24H26F3N3O3S/c1-23(2,11-21(32)33)7-5-20(31)29-9-6-16-17-4-3-8-28-22(17)30(18(16)13-29)12-15-10-19(34-14-15)24(25,26)27/h3-4,8,10,14H,5-7,9,11-13H2,1-2H3,(H,32,33). The van der Waals surface area contributed by atoms with Crippen LogP contribution in [0.3, 0.4) is 0 Å². The summed E-state index contributed by atoms with van der Waals surface area (Å²) < 4.78 is 41.2. The number of amides is 1. The van der Waals surface area contributed by atoms with E-state index in [1.165, 1.54) is 11.4 Å². The van der Waals surface area contributed by atoms with Gasteiger partial charge in [-0.2, -0.15) is 13.2 Å². The van der Waals surface area contributed by atoms with Crippen LogP contribution in [-0.2, 0) is 35.3 Å². The van der Waals surface area contributed by atoms with Crippen molar-refractivity contribution in [1.29, 1.82) is 0 Å². The Balaban J connectivity index is 1.58. The number of thiophene rings is 1. The molecule has 0 saturated heterocycles. The Hall–Kier alpha value is -2.88. The number of fused-ring (bicyclic) bond motifs is 3. The number of aromatic nitrogens is 2. The number of carbonyl (C=O) groups is 2. The third kappa shape index (κ3) is 5.11. The predicted molar refractivity (Wildman–Crippen MR) is 123 cm³/mol. The Labute approximate surface area is 199 Å². The first-order valence-electron chi connectivity index (χ1n) is 11.0. The van der Waals surface area contributed by atoms with Crippen LogP contribution in [0.15, 0.2) is 29.8 Å². The third-order valence-corrected chi connectivity index (χ3v) is 7.31. The van der Waals surface area contributed by atoms with Crippen molar-refractivity contribution in [2.24, 2.45) is 5.41 Å². The zero-order valence-corrected chi connectivity index (χ0v) is 19.8. The van der Waals surface area contributed by atoms with Gasteiger partial charge in [0.25, 0.3) is 0 Å². The van der Waals surface area contributed by atoms with Gasteiger partial charge >= 0.3 is 12.1 Å². The second-order valence-electron chi connectivity index (χ2n) is 9.50. The molecule has 182 valence electrons. The van der Waals surface area contributed by atoms with Crippen LogP contribution in [0.5, 0.6) is 0 Å². The molecule has 3 aromatic rings. The van der Waals surface area contributed by atoms with E-state index in [1.54, 1.807) is 11.1 Å². The predicted octanol–water partition coefficient (Wildman–Crippen LogP) is 5.33. The molecule has 4 heterocycles. The molecule has 0 saturated carbocycles. The number of aliphatic carboxylic acids is 1. The van der Waals surface area contributed by atoms with Gasteiger partial charge in [-0.25, -0.2) is 4.98 Å². The Morgan fingerprint density at radius 1 is 1.26 bits per heavy atom. The van der Waals surface area contributed by atoms with Crippen molar-refractivity contribution in [1.82, 2.24) is 14.5 Å². The summed E-state index contributed by atoms with van der Waals surface area (Å²) in [6, 6.07) is 4.96. The number of pyridine rings is 1. The van der Waals surface area contributed by atoms with E-state index in [1.807, 2.05) is 30.5 Å². The van der Waals surface area contributed by atoms with Gasteiger partial charge in [0.05, 0.1) is 19.5 Å². The summed E-state index contributed by atoms with van der Waals surface area (Å²) in [5.41, 5.74) is 2.71. The van der Waals surface area contributed by atoms with E-state index in [9.17, 15) is 22.8 Å².